The van der Waals surface area contributed by atoms with Gasteiger partial charge in [0.15, 0.2) is 5.96 Å². The second kappa shape index (κ2) is 6.78. The predicted octanol–water partition coefficient (Wildman–Crippen LogP) is 3.00. The van der Waals surface area contributed by atoms with Crippen LogP contribution in [0.3, 0.4) is 0 Å². The number of carbonyl (C=O) groups excluding carboxylic acids is 1. The van der Waals surface area contributed by atoms with Gasteiger partial charge in [0.1, 0.15) is 11.3 Å². The van der Waals surface area contributed by atoms with Crippen molar-refractivity contribution in [1.82, 2.24) is 10.3 Å². The number of hydrogen-bond donors (Lipinski definition) is 3. The van der Waals surface area contributed by atoms with Crippen LogP contribution in [0.5, 0.6) is 5.75 Å². The van der Waals surface area contributed by atoms with Crippen LogP contribution in [-0.4, -0.2) is 24.5 Å². The van der Waals surface area contributed by atoms with Crippen LogP contribution in [-0.2, 0) is 4.79 Å². The molecule has 0 radical (unpaired) electrons. The Morgan fingerprint density at radius 2 is 1.96 bits per heavy atom. The lowest BCUT2D eigenvalue weighted by molar-refractivity contribution is -0.108. The second-order valence-corrected chi connectivity index (χ2v) is 5.04. The van der Waals surface area contributed by atoms with Crippen LogP contribution in [0.2, 0.25) is 0 Å². The maximum Gasteiger partial charge on any atom is 0.213 e. The third-order valence-corrected chi connectivity index (χ3v) is 3.55. The molecule has 0 atom stereocenters. The lowest BCUT2D eigenvalue weighted by Crippen LogP contribution is -2.28. The maximum absolute atomic E-state index is 10.5. The van der Waals surface area contributed by atoms with Gasteiger partial charge >= 0.3 is 0 Å². The summed E-state index contributed by atoms with van der Waals surface area (Å²) in [6.45, 7) is 0. The van der Waals surface area contributed by atoms with Gasteiger partial charge in [-0.1, -0.05) is 42.5 Å². The fourth-order valence-corrected chi connectivity index (χ4v) is 2.48. The zero-order valence-corrected chi connectivity index (χ0v) is 13.0. The Labute approximate surface area is 139 Å². The van der Waals surface area contributed by atoms with Gasteiger partial charge in [0.25, 0.3) is 0 Å². The van der Waals surface area contributed by atoms with Gasteiger partial charge in [-0.2, -0.15) is 0 Å². The number of ether oxygens (including phenoxy) is 1. The molecule has 3 N–H and O–H groups in total. The number of para-hydroxylation sites is 1. The third kappa shape index (κ3) is 3.03. The molecule has 0 spiro atoms. The normalized spacial score (nSPS) is 10.2. The number of benzene rings is 2. The number of fused-ring (bicyclic) bond motifs is 1. The minimum absolute atomic E-state index is 0.112. The quantitative estimate of drug-likeness (QED) is 0.392. The van der Waals surface area contributed by atoms with Crippen molar-refractivity contribution in [2.24, 2.45) is 0 Å². The molecule has 1 aromatic heterocycles. The molecular formula is C18H16N4O2. The molecule has 0 saturated carbocycles. The van der Waals surface area contributed by atoms with Crippen LogP contribution in [0.15, 0.2) is 54.6 Å². The van der Waals surface area contributed by atoms with E-state index in [1.165, 1.54) is 0 Å². The monoisotopic (exact) mass is 320 g/mol. The van der Waals surface area contributed by atoms with Crippen molar-refractivity contribution in [2.75, 3.05) is 12.4 Å². The Hall–Kier alpha value is -3.41. The number of hydrogen-bond acceptors (Lipinski definition) is 4. The molecule has 2 aromatic carbocycles. The number of carbonyl (C=O) groups is 1. The Kier molecular flexibility index (Phi) is 4.38. The molecule has 0 aliphatic carbocycles. The lowest BCUT2D eigenvalue weighted by atomic mass is 10.1. The molecular weight excluding hydrogens is 304 g/mol. The summed E-state index contributed by atoms with van der Waals surface area (Å²) in [6.07, 6.45) is 0.456. The molecule has 6 nitrogen and oxygen atoms in total. The van der Waals surface area contributed by atoms with E-state index in [-0.39, 0.29) is 5.96 Å². The highest BCUT2D eigenvalue weighted by molar-refractivity contribution is 6.05. The van der Waals surface area contributed by atoms with Crippen molar-refractivity contribution in [3.8, 4) is 17.0 Å². The fourth-order valence-electron chi connectivity index (χ4n) is 2.48. The van der Waals surface area contributed by atoms with E-state index in [0.717, 1.165) is 16.6 Å². The summed E-state index contributed by atoms with van der Waals surface area (Å²) in [5.74, 6) is 0.530. The number of nitrogens with zero attached hydrogens (tertiary/aromatic N) is 1. The number of guanidine groups is 1. The molecule has 3 aromatic rings. The lowest BCUT2D eigenvalue weighted by Gasteiger charge is -2.14. The van der Waals surface area contributed by atoms with Crippen LogP contribution in [0, 0.1) is 5.41 Å². The van der Waals surface area contributed by atoms with Crippen LogP contribution in [0.25, 0.3) is 22.2 Å². The van der Waals surface area contributed by atoms with Gasteiger partial charge < -0.3 is 10.1 Å². The van der Waals surface area contributed by atoms with Gasteiger partial charge in [-0.05, 0) is 12.1 Å². The van der Waals surface area contributed by atoms with Gasteiger partial charge in [0.05, 0.1) is 18.5 Å². The van der Waals surface area contributed by atoms with Crippen LogP contribution in [0.1, 0.15) is 0 Å². The summed E-state index contributed by atoms with van der Waals surface area (Å²) in [6, 6.07) is 17.2. The van der Waals surface area contributed by atoms with E-state index in [2.05, 4.69) is 10.6 Å². The Morgan fingerprint density at radius 1 is 1.17 bits per heavy atom. The van der Waals surface area contributed by atoms with E-state index < -0.39 is 0 Å². The van der Waals surface area contributed by atoms with E-state index in [4.69, 9.17) is 15.1 Å². The molecule has 0 aliphatic rings. The Morgan fingerprint density at radius 3 is 2.67 bits per heavy atom. The molecule has 3 rings (SSSR count). The summed E-state index contributed by atoms with van der Waals surface area (Å²) in [7, 11) is 1.59. The third-order valence-electron chi connectivity index (χ3n) is 3.55. The first-order chi connectivity index (χ1) is 11.7. The first kappa shape index (κ1) is 15.5. The molecule has 0 saturated heterocycles. The van der Waals surface area contributed by atoms with Gasteiger partial charge in [0, 0.05) is 10.9 Å². The van der Waals surface area contributed by atoms with Crippen molar-refractivity contribution in [2.45, 2.75) is 0 Å². The number of aromatic nitrogens is 1. The standard InChI is InChI=1S/C18H16N4O2/c1-24-16-9-5-8-13-15(22-18(19)20-11-23)10-14(21-17(13)16)12-6-3-2-4-7-12/h2-11H,1H3,(H3,19,20,21,22,23). The zero-order valence-electron chi connectivity index (χ0n) is 13.0. The van der Waals surface area contributed by atoms with E-state index in [0.29, 0.717) is 23.4 Å². The SMILES string of the molecule is COc1cccc2c(NC(=N)NC=O)cc(-c3ccccc3)nc12. The minimum atomic E-state index is -0.112. The first-order valence-corrected chi connectivity index (χ1v) is 7.32. The van der Waals surface area contributed by atoms with Crippen molar-refractivity contribution >= 4 is 29.0 Å². The molecule has 120 valence electrons. The number of methoxy groups -OCH3 is 1. The van der Waals surface area contributed by atoms with Crippen molar-refractivity contribution in [3.63, 3.8) is 0 Å². The van der Waals surface area contributed by atoms with E-state index in [1.54, 1.807) is 7.11 Å². The van der Waals surface area contributed by atoms with Crippen LogP contribution < -0.4 is 15.4 Å². The minimum Gasteiger partial charge on any atom is -0.494 e. The Bertz CT molecular complexity index is 894. The average Bonchev–Trinajstić information content (AvgIpc) is 2.62. The number of amides is 1. The van der Waals surface area contributed by atoms with Crippen LogP contribution >= 0.6 is 0 Å². The summed E-state index contributed by atoms with van der Waals surface area (Å²) in [5, 5.41) is 13.7. The van der Waals surface area contributed by atoms with Crippen molar-refractivity contribution < 1.29 is 9.53 Å². The molecule has 1 amide bonds. The van der Waals surface area contributed by atoms with Gasteiger partial charge in [-0.15, -0.1) is 0 Å². The van der Waals surface area contributed by atoms with Gasteiger partial charge in [0.2, 0.25) is 6.41 Å². The highest BCUT2D eigenvalue weighted by Crippen LogP contribution is 2.33. The summed E-state index contributed by atoms with van der Waals surface area (Å²) >= 11 is 0. The predicted molar refractivity (Wildman–Crippen MR) is 94.3 cm³/mol. The van der Waals surface area contributed by atoms with E-state index >= 15 is 0 Å². The van der Waals surface area contributed by atoms with Gasteiger partial charge in [-0.3, -0.25) is 15.5 Å². The molecule has 6 heteroatoms. The van der Waals surface area contributed by atoms with Crippen LogP contribution in [0.4, 0.5) is 5.69 Å². The summed E-state index contributed by atoms with van der Waals surface area (Å²) in [5.41, 5.74) is 3.04. The highest BCUT2D eigenvalue weighted by Gasteiger charge is 2.12. The maximum atomic E-state index is 10.5. The fraction of sp³-hybridized carbons (Fsp3) is 0.0556. The molecule has 24 heavy (non-hydrogen) atoms. The second-order valence-electron chi connectivity index (χ2n) is 5.04. The number of rotatable bonds is 4. The average molecular weight is 320 g/mol. The summed E-state index contributed by atoms with van der Waals surface area (Å²) in [4.78, 5) is 15.2. The molecule has 1 heterocycles. The smallest absolute Gasteiger partial charge is 0.213 e. The topological polar surface area (TPSA) is 87.1 Å². The molecule has 0 fully saturated rings. The highest BCUT2D eigenvalue weighted by atomic mass is 16.5. The first-order valence-electron chi connectivity index (χ1n) is 7.32. The molecule has 0 aliphatic heterocycles. The Balaban J connectivity index is 2.20. The van der Waals surface area contributed by atoms with E-state index in [9.17, 15) is 4.79 Å². The van der Waals surface area contributed by atoms with Crippen molar-refractivity contribution in [3.05, 3.63) is 54.6 Å². The largest absolute Gasteiger partial charge is 0.494 e. The molecule has 0 unspecified atom stereocenters. The number of pyridine rings is 1. The van der Waals surface area contributed by atoms with Gasteiger partial charge in [-0.25, -0.2) is 4.98 Å². The number of anilines is 1. The molecule has 0 bridgehead atoms. The van der Waals surface area contributed by atoms with E-state index in [1.807, 2.05) is 54.6 Å². The van der Waals surface area contributed by atoms with Crippen molar-refractivity contribution in [1.29, 1.82) is 5.41 Å². The summed E-state index contributed by atoms with van der Waals surface area (Å²) < 4.78 is 5.41. The zero-order chi connectivity index (χ0) is 16.9. The number of nitrogens with one attached hydrogen (secondary N) is 3.